The van der Waals surface area contributed by atoms with Crippen LogP contribution in [0.2, 0.25) is 0 Å². The van der Waals surface area contributed by atoms with Gasteiger partial charge in [0.05, 0.1) is 5.37 Å². The normalized spacial score (nSPS) is 23.7. The molecule has 3 unspecified atom stereocenters. The SMILES string of the molecule is CCCC1SCC(C(=O)NC(C)CCc2ccccc2)N1C(=O)C1CC1. The Morgan fingerprint density at radius 1 is 1.27 bits per heavy atom. The molecular weight excluding hydrogens is 344 g/mol. The van der Waals surface area contributed by atoms with E-state index in [1.54, 1.807) is 11.8 Å². The smallest absolute Gasteiger partial charge is 0.243 e. The van der Waals surface area contributed by atoms with Crippen molar-refractivity contribution in [3.8, 4) is 0 Å². The summed E-state index contributed by atoms with van der Waals surface area (Å²) in [4.78, 5) is 27.5. The van der Waals surface area contributed by atoms with Crippen LogP contribution in [0, 0.1) is 5.92 Å². The summed E-state index contributed by atoms with van der Waals surface area (Å²) in [5.74, 6) is 1.11. The third-order valence-corrected chi connectivity index (χ3v) is 6.57. The highest BCUT2D eigenvalue weighted by Gasteiger charge is 2.45. The molecule has 1 saturated carbocycles. The molecule has 5 heteroatoms. The molecule has 1 aliphatic heterocycles. The number of aryl methyl sites for hydroxylation is 1. The third kappa shape index (κ3) is 4.81. The molecule has 0 radical (unpaired) electrons. The molecule has 3 rings (SSSR count). The van der Waals surface area contributed by atoms with Crippen molar-refractivity contribution in [3.05, 3.63) is 35.9 Å². The maximum atomic E-state index is 12.9. The number of carbonyl (C=O) groups excluding carboxylic acids is 2. The second-order valence-corrected chi connectivity index (χ2v) is 8.76. The Balaban J connectivity index is 1.55. The number of nitrogens with one attached hydrogen (secondary N) is 1. The molecule has 1 saturated heterocycles. The van der Waals surface area contributed by atoms with Gasteiger partial charge in [0.2, 0.25) is 11.8 Å². The Morgan fingerprint density at radius 2 is 2.00 bits per heavy atom. The summed E-state index contributed by atoms with van der Waals surface area (Å²) in [5, 5.41) is 3.32. The molecular formula is C21H30N2O2S. The fourth-order valence-corrected chi connectivity index (χ4v) is 5.04. The minimum atomic E-state index is -0.302. The highest BCUT2D eigenvalue weighted by molar-refractivity contribution is 8.00. The summed E-state index contributed by atoms with van der Waals surface area (Å²) in [6, 6.07) is 10.2. The van der Waals surface area contributed by atoms with Crippen LogP contribution in [0.3, 0.4) is 0 Å². The highest BCUT2D eigenvalue weighted by Crippen LogP contribution is 2.39. The van der Waals surface area contributed by atoms with Gasteiger partial charge in [-0.3, -0.25) is 9.59 Å². The van der Waals surface area contributed by atoms with Crippen LogP contribution in [0.15, 0.2) is 30.3 Å². The van der Waals surface area contributed by atoms with E-state index in [4.69, 9.17) is 0 Å². The number of hydrogen-bond acceptors (Lipinski definition) is 3. The van der Waals surface area contributed by atoms with E-state index in [9.17, 15) is 9.59 Å². The fraction of sp³-hybridized carbons (Fsp3) is 0.619. The molecule has 3 atom stereocenters. The minimum Gasteiger partial charge on any atom is -0.352 e. The first-order chi connectivity index (χ1) is 12.6. The van der Waals surface area contributed by atoms with Crippen molar-refractivity contribution < 1.29 is 9.59 Å². The quantitative estimate of drug-likeness (QED) is 0.756. The van der Waals surface area contributed by atoms with Gasteiger partial charge in [-0.05, 0) is 44.6 Å². The molecule has 1 aliphatic carbocycles. The molecule has 2 fully saturated rings. The minimum absolute atomic E-state index is 0.0191. The second-order valence-electron chi connectivity index (χ2n) is 7.55. The van der Waals surface area contributed by atoms with E-state index >= 15 is 0 Å². The monoisotopic (exact) mass is 374 g/mol. The van der Waals surface area contributed by atoms with Crippen molar-refractivity contribution in [2.24, 2.45) is 5.92 Å². The van der Waals surface area contributed by atoms with Crippen LogP contribution in [0.25, 0.3) is 0 Å². The number of rotatable bonds is 8. The lowest BCUT2D eigenvalue weighted by atomic mass is 10.1. The summed E-state index contributed by atoms with van der Waals surface area (Å²) in [6.07, 6.45) is 5.83. The average molecular weight is 375 g/mol. The first kappa shape index (κ1) is 19.3. The predicted octanol–water partition coefficient (Wildman–Crippen LogP) is 3.60. The van der Waals surface area contributed by atoms with E-state index in [0.717, 1.165) is 44.3 Å². The molecule has 2 amide bonds. The van der Waals surface area contributed by atoms with E-state index in [-0.39, 0.29) is 35.2 Å². The molecule has 1 aromatic carbocycles. The summed E-state index contributed by atoms with van der Waals surface area (Å²) >= 11 is 1.77. The van der Waals surface area contributed by atoms with Gasteiger partial charge < -0.3 is 10.2 Å². The fourth-order valence-electron chi connectivity index (χ4n) is 3.51. The van der Waals surface area contributed by atoms with Gasteiger partial charge >= 0.3 is 0 Å². The lowest BCUT2D eigenvalue weighted by molar-refractivity contribution is -0.141. The van der Waals surface area contributed by atoms with E-state index in [0.29, 0.717) is 0 Å². The zero-order valence-corrected chi connectivity index (χ0v) is 16.6. The number of nitrogens with zero attached hydrogens (tertiary/aromatic N) is 1. The molecule has 1 aromatic rings. The number of amides is 2. The zero-order valence-electron chi connectivity index (χ0n) is 15.8. The van der Waals surface area contributed by atoms with E-state index < -0.39 is 0 Å². The molecule has 0 aromatic heterocycles. The van der Waals surface area contributed by atoms with Gasteiger partial charge in [0, 0.05) is 17.7 Å². The number of thioether (sulfide) groups is 1. The van der Waals surface area contributed by atoms with Crippen molar-refractivity contribution in [2.45, 2.75) is 69.8 Å². The van der Waals surface area contributed by atoms with Crippen LogP contribution in [0.1, 0.15) is 51.5 Å². The van der Waals surface area contributed by atoms with Crippen molar-refractivity contribution in [2.75, 3.05) is 5.75 Å². The van der Waals surface area contributed by atoms with E-state index in [1.807, 2.05) is 23.1 Å². The summed E-state index contributed by atoms with van der Waals surface area (Å²) in [6.45, 7) is 4.19. The molecule has 0 bridgehead atoms. The van der Waals surface area contributed by atoms with E-state index in [1.165, 1.54) is 5.56 Å². The Morgan fingerprint density at radius 3 is 2.65 bits per heavy atom. The number of hydrogen-bond donors (Lipinski definition) is 1. The molecule has 142 valence electrons. The third-order valence-electron chi connectivity index (χ3n) is 5.21. The van der Waals surface area contributed by atoms with Gasteiger partial charge in [-0.2, -0.15) is 0 Å². The summed E-state index contributed by atoms with van der Waals surface area (Å²) in [7, 11) is 0. The van der Waals surface area contributed by atoms with Gasteiger partial charge in [0.1, 0.15) is 6.04 Å². The van der Waals surface area contributed by atoms with Crippen LogP contribution in [-0.2, 0) is 16.0 Å². The van der Waals surface area contributed by atoms with Crippen molar-refractivity contribution >= 4 is 23.6 Å². The van der Waals surface area contributed by atoms with Gasteiger partial charge in [0.15, 0.2) is 0 Å². The Bertz CT molecular complexity index is 618. The molecule has 26 heavy (non-hydrogen) atoms. The lowest BCUT2D eigenvalue weighted by Crippen LogP contribution is -2.52. The Kier molecular flexibility index (Phi) is 6.63. The van der Waals surface area contributed by atoms with Gasteiger partial charge in [-0.1, -0.05) is 43.7 Å². The first-order valence-corrected chi connectivity index (χ1v) is 10.9. The number of benzene rings is 1. The molecule has 1 heterocycles. The van der Waals surface area contributed by atoms with Gasteiger partial charge in [-0.15, -0.1) is 11.8 Å². The molecule has 4 nitrogen and oxygen atoms in total. The van der Waals surface area contributed by atoms with Crippen molar-refractivity contribution in [3.63, 3.8) is 0 Å². The lowest BCUT2D eigenvalue weighted by Gasteiger charge is -2.29. The first-order valence-electron chi connectivity index (χ1n) is 9.88. The molecule has 2 aliphatic rings. The largest absolute Gasteiger partial charge is 0.352 e. The van der Waals surface area contributed by atoms with Crippen molar-refractivity contribution in [1.29, 1.82) is 0 Å². The highest BCUT2D eigenvalue weighted by atomic mass is 32.2. The summed E-state index contributed by atoms with van der Waals surface area (Å²) in [5.41, 5.74) is 1.29. The van der Waals surface area contributed by atoms with Crippen LogP contribution in [0.4, 0.5) is 0 Å². The predicted molar refractivity (Wildman–Crippen MR) is 107 cm³/mol. The van der Waals surface area contributed by atoms with Gasteiger partial charge in [-0.25, -0.2) is 0 Å². The van der Waals surface area contributed by atoms with Crippen LogP contribution < -0.4 is 5.32 Å². The summed E-state index contributed by atoms with van der Waals surface area (Å²) < 4.78 is 0. The Labute approximate surface area is 161 Å². The maximum Gasteiger partial charge on any atom is 0.243 e. The Hall–Kier alpha value is -1.49. The van der Waals surface area contributed by atoms with Crippen LogP contribution >= 0.6 is 11.8 Å². The van der Waals surface area contributed by atoms with Crippen molar-refractivity contribution in [1.82, 2.24) is 10.2 Å². The standard InChI is InChI=1S/C21H30N2O2S/c1-3-7-19-23(21(25)17-12-13-17)18(14-26-19)20(24)22-15(2)10-11-16-8-5-4-6-9-16/h4-6,8-9,15,17-19H,3,7,10-14H2,1-2H3,(H,22,24). The topological polar surface area (TPSA) is 49.4 Å². The number of carbonyl (C=O) groups is 2. The van der Waals surface area contributed by atoms with E-state index in [2.05, 4.69) is 31.3 Å². The van der Waals surface area contributed by atoms with Crippen LogP contribution in [0.5, 0.6) is 0 Å². The molecule has 0 spiro atoms. The van der Waals surface area contributed by atoms with Crippen LogP contribution in [-0.4, -0.2) is 39.9 Å². The molecule has 1 N–H and O–H groups in total. The van der Waals surface area contributed by atoms with Gasteiger partial charge in [0.25, 0.3) is 0 Å². The zero-order chi connectivity index (χ0) is 18.5. The maximum absolute atomic E-state index is 12.9. The average Bonchev–Trinajstić information content (AvgIpc) is 3.41. The second kappa shape index (κ2) is 8.94.